The van der Waals surface area contributed by atoms with Crippen LogP contribution in [-0.2, 0) is 0 Å². The van der Waals surface area contributed by atoms with Gasteiger partial charge in [0.15, 0.2) is 5.84 Å². The van der Waals surface area contributed by atoms with E-state index in [1.54, 1.807) is 18.2 Å². The molecule has 0 saturated heterocycles. The number of alkyl halides is 2. The number of ether oxygens (including phenoxy) is 1. The number of nitrogens with two attached hydrogens (primary N) is 1. The van der Waals surface area contributed by atoms with E-state index in [-0.39, 0.29) is 17.1 Å². The van der Waals surface area contributed by atoms with Gasteiger partial charge in [0.2, 0.25) is 5.71 Å². The Hall–Kier alpha value is -2.69. The lowest BCUT2D eigenvalue weighted by Gasteiger charge is -2.10. The monoisotopic (exact) mass is 267 g/mol. The lowest BCUT2D eigenvalue weighted by Crippen LogP contribution is -2.22. The summed E-state index contributed by atoms with van der Waals surface area (Å²) < 4.78 is 29.0. The second kappa shape index (κ2) is 6.90. The average Bonchev–Trinajstić information content (AvgIpc) is 2.37. The number of halogens is 2. The molecule has 1 aromatic carbocycles. The number of nitrogens with one attached hydrogen (secondary N) is 2. The molecule has 0 aliphatic heterocycles. The Labute approximate surface area is 108 Å². The van der Waals surface area contributed by atoms with E-state index in [2.05, 4.69) is 10.5 Å². The molecule has 0 spiro atoms. The van der Waals surface area contributed by atoms with Crippen molar-refractivity contribution in [1.82, 2.24) is 0 Å². The number of anilines is 1. The molecule has 0 aliphatic rings. The smallest absolute Gasteiger partial charge is 0.272 e. The molecule has 0 fully saturated rings. The number of benzene rings is 1. The molecule has 0 atom stereocenters. The van der Waals surface area contributed by atoms with E-state index in [0.717, 1.165) is 0 Å². The first kappa shape index (κ1) is 14.4. The summed E-state index contributed by atoms with van der Waals surface area (Å²) in [5, 5.41) is 19.3. The van der Waals surface area contributed by atoms with Gasteiger partial charge in [0.25, 0.3) is 6.43 Å². The van der Waals surface area contributed by atoms with Gasteiger partial charge in [-0.2, -0.15) is 10.4 Å². The topological polar surface area (TPSA) is 107 Å². The zero-order valence-corrected chi connectivity index (χ0v) is 9.73. The van der Waals surface area contributed by atoms with Crippen LogP contribution < -0.4 is 15.9 Å². The molecule has 1 aromatic rings. The predicted octanol–water partition coefficient (Wildman–Crippen LogP) is 1.56. The molecular weight excluding hydrogens is 256 g/mol. The first-order valence-electron chi connectivity index (χ1n) is 5.12. The summed E-state index contributed by atoms with van der Waals surface area (Å²) in [7, 11) is 0. The lowest BCUT2D eigenvalue weighted by atomic mass is 10.3. The summed E-state index contributed by atoms with van der Waals surface area (Å²) in [6.07, 6.45) is -2.59. The van der Waals surface area contributed by atoms with Gasteiger partial charge < -0.3 is 10.5 Å². The fraction of sp³-hybridized carbons (Fsp3) is 0.182. The van der Waals surface area contributed by atoms with Gasteiger partial charge in [-0.3, -0.25) is 10.8 Å². The Morgan fingerprint density at radius 1 is 1.53 bits per heavy atom. The third-order valence-corrected chi connectivity index (χ3v) is 1.90. The van der Waals surface area contributed by atoms with Gasteiger partial charge in [0, 0.05) is 0 Å². The molecular formula is C11H11F2N5O. The Morgan fingerprint density at radius 2 is 2.21 bits per heavy atom. The Morgan fingerprint density at radius 3 is 2.79 bits per heavy atom. The van der Waals surface area contributed by atoms with Crippen LogP contribution in [0.1, 0.15) is 0 Å². The van der Waals surface area contributed by atoms with Crippen molar-refractivity contribution in [1.29, 1.82) is 10.7 Å². The first-order valence-corrected chi connectivity index (χ1v) is 5.12. The minimum absolute atomic E-state index is 0.160. The maximum Gasteiger partial charge on any atom is 0.272 e. The van der Waals surface area contributed by atoms with Gasteiger partial charge in [-0.1, -0.05) is 12.1 Å². The number of hydrogen-bond acceptors (Lipinski definition) is 5. The molecule has 4 N–H and O–H groups in total. The minimum atomic E-state index is -2.59. The molecule has 1 rings (SSSR count). The van der Waals surface area contributed by atoms with Crippen LogP contribution in [0.15, 0.2) is 29.4 Å². The van der Waals surface area contributed by atoms with Gasteiger partial charge in [-0.25, -0.2) is 8.78 Å². The van der Waals surface area contributed by atoms with Gasteiger partial charge in [-0.05, 0) is 12.1 Å². The van der Waals surface area contributed by atoms with Crippen LogP contribution in [0.5, 0.6) is 5.75 Å². The summed E-state index contributed by atoms with van der Waals surface area (Å²) >= 11 is 0. The van der Waals surface area contributed by atoms with Crippen molar-refractivity contribution >= 4 is 17.2 Å². The van der Waals surface area contributed by atoms with Crippen LogP contribution in [0.3, 0.4) is 0 Å². The van der Waals surface area contributed by atoms with Crippen molar-refractivity contribution in [3.8, 4) is 11.8 Å². The van der Waals surface area contributed by atoms with Crippen molar-refractivity contribution in [3.05, 3.63) is 24.3 Å². The maximum atomic E-state index is 12.1. The van der Waals surface area contributed by atoms with Crippen molar-refractivity contribution in [3.63, 3.8) is 0 Å². The fourth-order valence-corrected chi connectivity index (χ4v) is 1.10. The quantitative estimate of drug-likeness (QED) is 0.413. The average molecular weight is 267 g/mol. The van der Waals surface area contributed by atoms with E-state index in [9.17, 15) is 8.78 Å². The second-order valence-electron chi connectivity index (χ2n) is 3.30. The number of para-hydroxylation sites is 2. The predicted molar refractivity (Wildman–Crippen MR) is 66.5 cm³/mol. The van der Waals surface area contributed by atoms with Crippen LogP contribution in [-0.4, -0.2) is 24.6 Å². The van der Waals surface area contributed by atoms with Crippen molar-refractivity contribution in [2.75, 3.05) is 12.0 Å². The molecule has 8 heteroatoms. The van der Waals surface area contributed by atoms with Gasteiger partial charge in [-0.15, -0.1) is 0 Å². The molecule has 19 heavy (non-hydrogen) atoms. The molecule has 0 heterocycles. The van der Waals surface area contributed by atoms with Crippen LogP contribution >= 0.6 is 0 Å². The SMILES string of the molecule is N#C/C(=N\Nc1ccccc1OCC(F)F)C(=N)N. The Balaban J connectivity index is 2.84. The van der Waals surface area contributed by atoms with Crippen LogP contribution in [0.2, 0.25) is 0 Å². The van der Waals surface area contributed by atoms with E-state index in [0.29, 0.717) is 0 Å². The number of hydrazone groups is 1. The zero-order chi connectivity index (χ0) is 14.3. The van der Waals surface area contributed by atoms with E-state index in [1.807, 2.05) is 0 Å². The molecule has 0 saturated carbocycles. The largest absolute Gasteiger partial charge is 0.485 e. The molecule has 0 aliphatic carbocycles. The zero-order valence-electron chi connectivity index (χ0n) is 9.73. The second-order valence-corrected chi connectivity index (χ2v) is 3.30. The molecule has 0 aromatic heterocycles. The number of rotatable bonds is 6. The summed E-state index contributed by atoms with van der Waals surface area (Å²) in [5.41, 5.74) is 7.52. The van der Waals surface area contributed by atoms with E-state index in [1.165, 1.54) is 12.1 Å². The number of nitriles is 1. The number of hydrogen-bond donors (Lipinski definition) is 3. The van der Waals surface area contributed by atoms with Crippen LogP contribution in [0.4, 0.5) is 14.5 Å². The maximum absolute atomic E-state index is 12.1. The highest BCUT2D eigenvalue weighted by molar-refractivity contribution is 6.45. The van der Waals surface area contributed by atoms with Gasteiger partial charge in [0.1, 0.15) is 18.4 Å². The Bertz CT molecular complexity index is 524. The highest BCUT2D eigenvalue weighted by Crippen LogP contribution is 2.24. The third-order valence-electron chi connectivity index (χ3n) is 1.90. The highest BCUT2D eigenvalue weighted by atomic mass is 19.3. The third kappa shape index (κ3) is 4.59. The Kier molecular flexibility index (Phi) is 5.22. The highest BCUT2D eigenvalue weighted by Gasteiger charge is 2.08. The number of amidine groups is 1. The molecule has 0 amide bonds. The van der Waals surface area contributed by atoms with Crippen molar-refractivity contribution in [2.45, 2.75) is 6.43 Å². The fourth-order valence-electron chi connectivity index (χ4n) is 1.10. The summed E-state index contributed by atoms with van der Waals surface area (Å²) in [6.45, 7) is -0.750. The van der Waals surface area contributed by atoms with Crippen molar-refractivity contribution in [2.24, 2.45) is 10.8 Å². The summed E-state index contributed by atoms with van der Waals surface area (Å²) in [4.78, 5) is 0. The molecule has 100 valence electrons. The standard InChI is InChI=1S/C11H11F2N5O/c12-10(13)6-19-9-4-2-1-3-7(9)17-18-8(5-14)11(15)16/h1-4,10,17H,6H2,(H3,15,16)/b18-8+. The summed E-state index contributed by atoms with van der Waals surface area (Å²) in [5.74, 6) is -0.339. The molecule has 6 nitrogen and oxygen atoms in total. The summed E-state index contributed by atoms with van der Waals surface area (Å²) in [6, 6.07) is 7.85. The van der Waals surface area contributed by atoms with Crippen LogP contribution in [0.25, 0.3) is 0 Å². The van der Waals surface area contributed by atoms with Crippen LogP contribution in [0, 0.1) is 16.7 Å². The minimum Gasteiger partial charge on any atom is -0.485 e. The normalized spacial score (nSPS) is 10.9. The van der Waals surface area contributed by atoms with Gasteiger partial charge in [0.05, 0.1) is 5.69 Å². The number of nitrogens with zero attached hydrogens (tertiary/aromatic N) is 2. The lowest BCUT2D eigenvalue weighted by molar-refractivity contribution is 0.0822. The van der Waals surface area contributed by atoms with E-state index < -0.39 is 18.9 Å². The van der Waals surface area contributed by atoms with Gasteiger partial charge >= 0.3 is 0 Å². The van der Waals surface area contributed by atoms with E-state index in [4.69, 9.17) is 21.1 Å². The van der Waals surface area contributed by atoms with Crippen molar-refractivity contribution < 1.29 is 13.5 Å². The molecule has 0 bridgehead atoms. The molecule has 0 unspecified atom stereocenters. The molecule has 0 radical (unpaired) electrons. The van der Waals surface area contributed by atoms with E-state index >= 15 is 0 Å². The first-order chi connectivity index (χ1) is 9.04.